The van der Waals surface area contributed by atoms with Crippen molar-refractivity contribution >= 4 is 17.2 Å². The van der Waals surface area contributed by atoms with Crippen molar-refractivity contribution in [2.24, 2.45) is 0 Å². The number of nitrogens with one attached hydrogen (secondary N) is 1. The number of amides is 1. The van der Waals surface area contributed by atoms with Gasteiger partial charge in [0.05, 0.1) is 12.5 Å². The largest absolute Gasteiger partial charge is 0.349 e. The third-order valence-corrected chi connectivity index (χ3v) is 3.82. The van der Waals surface area contributed by atoms with E-state index in [0.29, 0.717) is 6.42 Å². The molecule has 0 fully saturated rings. The number of thiophene rings is 1. The molecule has 0 radical (unpaired) electrons. The van der Waals surface area contributed by atoms with Gasteiger partial charge in [-0.05, 0) is 36.4 Å². The van der Waals surface area contributed by atoms with Gasteiger partial charge in [-0.25, -0.2) is 0 Å². The van der Waals surface area contributed by atoms with E-state index in [2.05, 4.69) is 24.4 Å². The van der Waals surface area contributed by atoms with Crippen molar-refractivity contribution < 1.29 is 4.79 Å². The van der Waals surface area contributed by atoms with E-state index in [4.69, 9.17) is 0 Å². The van der Waals surface area contributed by atoms with Gasteiger partial charge in [-0.1, -0.05) is 30.3 Å². The van der Waals surface area contributed by atoms with Crippen LogP contribution in [0.25, 0.3) is 0 Å². The Morgan fingerprint density at radius 1 is 1.28 bits per heavy atom. The van der Waals surface area contributed by atoms with Crippen molar-refractivity contribution in [1.29, 1.82) is 0 Å². The zero-order chi connectivity index (χ0) is 13.0. The van der Waals surface area contributed by atoms with Crippen molar-refractivity contribution in [2.45, 2.75) is 26.3 Å². The van der Waals surface area contributed by atoms with Gasteiger partial charge < -0.3 is 5.32 Å². The normalized spacial score (nSPS) is 12.1. The highest BCUT2D eigenvalue weighted by molar-refractivity contribution is 7.10. The van der Waals surface area contributed by atoms with E-state index >= 15 is 0 Å². The van der Waals surface area contributed by atoms with Gasteiger partial charge in [0.2, 0.25) is 5.91 Å². The molecule has 0 saturated carbocycles. The van der Waals surface area contributed by atoms with Crippen LogP contribution in [-0.4, -0.2) is 5.91 Å². The summed E-state index contributed by atoms with van der Waals surface area (Å²) in [6.07, 6.45) is 0.466. The molecule has 3 heteroatoms. The number of hydrogen-bond donors (Lipinski definition) is 1. The number of benzene rings is 1. The van der Waals surface area contributed by atoms with E-state index in [1.54, 1.807) is 11.3 Å². The molecule has 0 aliphatic heterocycles. The summed E-state index contributed by atoms with van der Waals surface area (Å²) in [5.41, 5.74) is 2.39. The fourth-order valence-electron chi connectivity index (χ4n) is 2.01. The Morgan fingerprint density at radius 3 is 2.72 bits per heavy atom. The summed E-state index contributed by atoms with van der Waals surface area (Å²) in [5.74, 6) is 0.0770. The standard InChI is InChI=1S/C15H17NOS/c1-11-6-3-4-8-14(11)12(2)16-15(17)10-13-7-5-9-18-13/h3-9,12H,10H2,1-2H3,(H,16,17). The van der Waals surface area contributed by atoms with Crippen LogP contribution in [0.15, 0.2) is 41.8 Å². The highest BCUT2D eigenvalue weighted by Gasteiger charge is 2.11. The molecule has 0 aliphatic rings. The molecule has 0 bridgehead atoms. The van der Waals surface area contributed by atoms with Crippen LogP contribution >= 0.6 is 11.3 Å². The molecule has 0 spiro atoms. The first-order valence-electron chi connectivity index (χ1n) is 6.04. The molecule has 2 aromatic rings. The van der Waals surface area contributed by atoms with E-state index in [9.17, 15) is 4.79 Å². The van der Waals surface area contributed by atoms with Crippen LogP contribution in [0.1, 0.15) is 29.0 Å². The maximum atomic E-state index is 11.9. The minimum atomic E-state index is 0.0543. The van der Waals surface area contributed by atoms with Gasteiger partial charge in [-0.3, -0.25) is 4.79 Å². The maximum Gasteiger partial charge on any atom is 0.225 e. The molecule has 1 heterocycles. The van der Waals surface area contributed by atoms with Crippen LogP contribution in [0.4, 0.5) is 0 Å². The molecule has 2 nitrogen and oxygen atoms in total. The molecule has 1 atom stereocenters. The van der Waals surface area contributed by atoms with Gasteiger partial charge in [-0.2, -0.15) is 0 Å². The Morgan fingerprint density at radius 2 is 2.06 bits per heavy atom. The highest BCUT2D eigenvalue weighted by atomic mass is 32.1. The first-order chi connectivity index (χ1) is 8.66. The Bertz CT molecular complexity index is 519. The lowest BCUT2D eigenvalue weighted by atomic mass is 10.0. The van der Waals surface area contributed by atoms with Crippen LogP contribution < -0.4 is 5.32 Å². The third kappa shape index (κ3) is 3.20. The summed E-state index contributed by atoms with van der Waals surface area (Å²) >= 11 is 1.62. The highest BCUT2D eigenvalue weighted by Crippen LogP contribution is 2.17. The summed E-state index contributed by atoms with van der Waals surface area (Å²) < 4.78 is 0. The molecule has 1 unspecified atom stereocenters. The SMILES string of the molecule is Cc1ccccc1C(C)NC(=O)Cc1cccs1. The Balaban J connectivity index is 1.97. The van der Waals surface area contributed by atoms with Gasteiger partial charge in [-0.15, -0.1) is 11.3 Å². The zero-order valence-electron chi connectivity index (χ0n) is 10.6. The zero-order valence-corrected chi connectivity index (χ0v) is 11.5. The maximum absolute atomic E-state index is 11.9. The number of rotatable bonds is 4. The van der Waals surface area contributed by atoms with Crippen LogP contribution in [-0.2, 0) is 11.2 Å². The Hall–Kier alpha value is -1.61. The van der Waals surface area contributed by atoms with Crippen LogP contribution in [0.5, 0.6) is 0 Å². The van der Waals surface area contributed by atoms with Crippen molar-refractivity contribution in [2.75, 3.05) is 0 Å². The van der Waals surface area contributed by atoms with Crippen LogP contribution in [0, 0.1) is 6.92 Å². The van der Waals surface area contributed by atoms with Crippen molar-refractivity contribution in [1.82, 2.24) is 5.32 Å². The quantitative estimate of drug-likeness (QED) is 0.895. The molecule has 18 heavy (non-hydrogen) atoms. The fourth-order valence-corrected chi connectivity index (χ4v) is 2.72. The Kier molecular flexibility index (Phi) is 4.15. The molecule has 2 rings (SSSR count). The lowest BCUT2D eigenvalue weighted by molar-refractivity contribution is -0.121. The van der Waals surface area contributed by atoms with Crippen LogP contribution in [0.2, 0.25) is 0 Å². The molecular formula is C15H17NOS. The second kappa shape index (κ2) is 5.83. The van der Waals surface area contributed by atoms with E-state index < -0.39 is 0 Å². The predicted molar refractivity (Wildman–Crippen MR) is 75.8 cm³/mol. The van der Waals surface area contributed by atoms with Crippen molar-refractivity contribution in [3.63, 3.8) is 0 Å². The van der Waals surface area contributed by atoms with E-state index in [0.717, 1.165) is 4.88 Å². The summed E-state index contributed by atoms with van der Waals surface area (Å²) in [4.78, 5) is 13.0. The summed E-state index contributed by atoms with van der Waals surface area (Å²) in [7, 11) is 0. The molecule has 94 valence electrons. The first-order valence-corrected chi connectivity index (χ1v) is 6.92. The minimum Gasteiger partial charge on any atom is -0.349 e. The average Bonchev–Trinajstić information content (AvgIpc) is 2.82. The van der Waals surface area contributed by atoms with E-state index in [1.165, 1.54) is 11.1 Å². The summed E-state index contributed by atoms with van der Waals surface area (Å²) in [6, 6.07) is 12.2. The second-order valence-electron chi connectivity index (χ2n) is 4.40. The third-order valence-electron chi connectivity index (χ3n) is 2.95. The lowest BCUT2D eigenvalue weighted by Gasteiger charge is -2.16. The van der Waals surface area contributed by atoms with Gasteiger partial charge in [0.1, 0.15) is 0 Å². The summed E-state index contributed by atoms with van der Waals surface area (Å²) in [5, 5.41) is 5.04. The number of carbonyl (C=O) groups is 1. The number of hydrogen-bond acceptors (Lipinski definition) is 2. The predicted octanol–water partition coefficient (Wildman–Crippen LogP) is 3.48. The molecule has 0 aliphatic carbocycles. The topological polar surface area (TPSA) is 29.1 Å². The smallest absolute Gasteiger partial charge is 0.225 e. The van der Waals surface area contributed by atoms with Crippen molar-refractivity contribution in [3.8, 4) is 0 Å². The van der Waals surface area contributed by atoms with Gasteiger partial charge in [0.25, 0.3) is 0 Å². The van der Waals surface area contributed by atoms with Gasteiger partial charge >= 0.3 is 0 Å². The molecule has 0 saturated heterocycles. The van der Waals surface area contributed by atoms with Crippen molar-refractivity contribution in [3.05, 3.63) is 57.8 Å². The molecule has 1 aromatic carbocycles. The first kappa shape index (κ1) is 12.8. The van der Waals surface area contributed by atoms with E-state index in [-0.39, 0.29) is 11.9 Å². The van der Waals surface area contributed by atoms with Crippen LogP contribution in [0.3, 0.4) is 0 Å². The molecule has 1 aromatic heterocycles. The molecular weight excluding hydrogens is 242 g/mol. The molecule has 1 amide bonds. The average molecular weight is 259 g/mol. The van der Waals surface area contributed by atoms with Gasteiger partial charge in [0.15, 0.2) is 0 Å². The molecule has 1 N–H and O–H groups in total. The van der Waals surface area contributed by atoms with Gasteiger partial charge in [0, 0.05) is 4.88 Å². The second-order valence-corrected chi connectivity index (χ2v) is 5.43. The van der Waals surface area contributed by atoms with E-state index in [1.807, 2.05) is 36.6 Å². The minimum absolute atomic E-state index is 0.0543. The summed E-state index contributed by atoms with van der Waals surface area (Å²) in [6.45, 7) is 4.09. The monoisotopic (exact) mass is 259 g/mol. The lowest BCUT2D eigenvalue weighted by Crippen LogP contribution is -2.28. The fraction of sp³-hybridized carbons (Fsp3) is 0.267. The Labute approximate surface area is 112 Å². The number of aryl methyl sites for hydroxylation is 1. The number of carbonyl (C=O) groups excluding carboxylic acids is 1.